The van der Waals surface area contributed by atoms with E-state index in [1.807, 2.05) is 29.2 Å². The van der Waals surface area contributed by atoms with Crippen LogP contribution < -0.4 is 15.4 Å². The van der Waals surface area contributed by atoms with Gasteiger partial charge in [-0.1, -0.05) is 31.0 Å². The summed E-state index contributed by atoms with van der Waals surface area (Å²) in [7, 11) is 1.61. The summed E-state index contributed by atoms with van der Waals surface area (Å²) >= 11 is 0. The van der Waals surface area contributed by atoms with Crippen molar-refractivity contribution in [2.24, 2.45) is 0 Å². The molecule has 3 aliphatic rings. The van der Waals surface area contributed by atoms with Gasteiger partial charge in [0.2, 0.25) is 5.91 Å². The van der Waals surface area contributed by atoms with E-state index in [4.69, 9.17) is 4.74 Å². The molecule has 2 aliphatic heterocycles. The summed E-state index contributed by atoms with van der Waals surface area (Å²) in [6.45, 7) is 0.443. The SMILES string of the molecule is COc1ccccc1[C@@H]1C2=C(CNC2=O)N[C@@H]2CCCC[C@H]2N1C(=O)/C=C/c1ncccn1. The molecule has 3 atom stereocenters. The number of hydrogen-bond acceptors (Lipinski definition) is 6. The first-order chi connectivity index (χ1) is 16.2. The molecule has 1 aromatic heterocycles. The van der Waals surface area contributed by atoms with Crippen LogP contribution in [0, 0.1) is 0 Å². The maximum atomic E-state index is 13.8. The minimum atomic E-state index is -0.562. The largest absolute Gasteiger partial charge is 0.496 e. The van der Waals surface area contributed by atoms with Gasteiger partial charge in [0, 0.05) is 35.8 Å². The van der Waals surface area contributed by atoms with Gasteiger partial charge >= 0.3 is 0 Å². The molecule has 1 fully saturated rings. The van der Waals surface area contributed by atoms with Crippen molar-refractivity contribution in [1.82, 2.24) is 25.5 Å². The zero-order valence-corrected chi connectivity index (χ0v) is 18.5. The number of amides is 2. The monoisotopic (exact) mass is 445 g/mol. The number of methoxy groups -OCH3 is 1. The van der Waals surface area contributed by atoms with Gasteiger partial charge in [-0.25, -0.2) is 9.97 Å². The van der Waals surface area contributed by atoms with Gasteiger partial charge in [0.15, 0.2) is 5.82 Å². The molecule has 0 spiro atoms. The maximum Gasteiger partial charge on any atom is 0.251 e. The van der Waals surface area contributed by atoms with E-state index in [1.54, 1.807) is 31.6 Å². The first-order valence-electron chi connectivity index (χ1n) is 11.4. The van der Waals surface area contributed by atoms with Crippen molar-refractivity contribution in [1.29, 1.82) is 0 Å². The fourth-order valence-electron chi connectivity index (χ4n) is 5.20. The summed E-state index contributed by atoms with van der Waals surface area (Å²) in [5.74, 6) is 0.786. The van der Waals surface area contributed by atoms with Crippen LogP contribution in [0.15, 0.2) is 60.1 Å². The van der Waals surface area contributed by atoms with Gasteiger partial charge in [-0.3, -0.25) is 9.59 Å². The third-order valence-corrected chi connectivity index (χ3v) is 6.64. The number of carbonyl (C=O) groups excluding carboxylic acids is 2. The highest BCUT2D eigenvalue weighted by molar-refractivity contribution is 6.00. The molecule has 2 N–H and O–H groups in total. The number of aromatic nitrogens is 2. The third-order valence-electron chi connectivity index (χ3n) is 6.64. The van der Waals surface area contributed by atoms with Crippen LogP contribution >= 0.6 is 0 Å². The van der Waals surface area contributed by atoms with E-state index in [-0.39, 0.29) is 23.9 Å². The fourth-order valence-corrected chi connectivity index (χ4v) is 5.20. The number of nitrogens with one attached hydrogen (secondary N) is 2. The number of ether oxygens (including phenoxy) is 1. The molecule has 2 aromatic rings. The molecule has 2 amide bonds. The smallest absolute Gasteiger partial charge is 0.251 e. The molecule has 8 heteroatoms. The van der Waals surface area contributed by atoms with Gasteiger partial charge in [-0.05, 0) is 31.1 Å². The number of nitrogens with zero attached hydrogens (tertiary/aromatic N) is 3. The Morgan fingerprint density at radius 1 is 1.15 bits per heavy atom. The number of para-hydroxylation sites is 1. The normalized spacial score (nSPS) is 24.6. The van der Waals surface area contributed by atoms with E-state index in [1.165, 1.54) is 6.08 Å². The Kier molecular flexibility index (Phi) is 5.81. The molecular formula is C25H27N5O3. The second-order valence-electron chi connectivity index (χ2n) is 8.51. The Morgan fingerprint density at radius 2 is 1.94 bits per heavy atom. The molecule has 33 heavy (non-hydrogen) atoms. The van der Waals surface area contributed by atoms with Crippen LogP contribution in [-0.4, -0.2) is 52.4 Å². The van der Waals surface area contributed by atoms with Crippen LogP contribution in [0.25, 0.3) is 6.08 Å². The highest BCUT2D eigenvalue weighted by Gasteiger charge is 2.46. The molecule has 8 nitrogen and oxygen atoms in total. The minimum absolute atomic E-state index is 0.0547. The highest BCUT2D eigenvalue weighted by Crippen LogP contribution is 2.43. The first kappa shape index (κ1) is 21.2. The average molecular weight is 446 g/mol. The van der Waals surface area contributed by atoms with E-state index in [0.717, 1.165) is 36.9 Å². The summed E-state index contributed by atoms with van der Waals surface area (Å²) in [6, 6.07) is 8.82. The van der Waals surface area contributed by atoms with E-state index >= 15 is 0 Å². The van der Waals surface area contributed by atoms with Gasteiger partial charge in [0.1, 0.15) is 5.75 Å². The van der Waals surface area contributed by atoms with Crippen molar-refractivity contribution in [2.45, 2.75) is 43.8 Å². The lowest BCUT2D eigenvalue weighted by molar-refractivity contribution is -0.131. The van der Waals surface area contributed by atoms with Gasteiger partial charge in [-0.15, -0.1) is 0 Å². The number of fused-ring (bicyclic) bond motifs is 1. The topological polar surface area (TPSA) is 96.5 Å². The summed E-state index contributed by atoms with van der Waals surface area (Å²) < 4.78 is 5.67. The van der Waals surface area contributed by atoms with Gasteiger partial charge in [0.05, 0.1) is 31.3 Å². The zero-order chi connectivity index (χ0) is 22.8. The number of carbonyl (C=O) groups is 2. The molecular weight excluding hydrogens is 418 g/mol. The summed E-state index contributed by atoms with van der Waals surface area (Å²) in [6.07, 6.45) is 10.4. The lowest BCUT2D eigenvalue weighted by Gasteiger charge is -2.42. The zero-order valence-electron chi connectivity index (χ0n) is 18.5. The summed E-state index contributed by atoms with van der Waals surface area (Å²) in [5.41, 5.74) is 2.26. The molecule has 1 saturated carbocycles. The Morgan fingerprint density at radius 3 is 2.76 bits per heavy atom. The number of benzene rings is 1. The van der Waals surface area contributed by atoms with E-state index in [0.29, 0.717) is 23.7 Å². The first-order valence-corrected chi connectivity index (χ1v) is 11.4. The summed E-state index contributed by atoms with van der Waals surface area (Å²) in [5, 5.41) is 6.57. The third kappa shape index (κ3) is 3.97. The second-order valence-corrected chi connectivity index (χ2v) is 8.51. The predicted molar refractivity (Wildman–Crippen MR) is 123 cm³/mol. The molecule has 3 heterocycles. The van der Waals surface area contributed by atoms with Gasteiger partial charge in [-0.2, -0.15) is 0 Å². The number of hydrogen-bond donors (Lipinski definition) is 2. The van der Waals surface area contributed by atoms with E-state index < -0.39 is 6.04 Å². The van der Waals surface area contributed by atoms with Gasteiger partial charge in [0.25, 0.3) is 5.91 Å². The summed E-state index contributed by atoms with van der Waals surface area (Å²) in [4.78, 5) is 37.1. The lowest BCUT2D eigenvalue weighted by Crippen LogP contribution is -2.53. The fraction of sp³-hybridized carbons (Fsp3) is 0.360. The average Bonchev–Trinajstić information content (AvgIpc) is 3.13. The molecule has 5 rings (SSSR count). The minimum Gasteiger partial charge on any atom is -0.496 e. The quantitative estimate of drug-likeness (QED) is 0.702. The van der Waals surface area contributed by atoms with E-state index in [2.05, 4.69) is 20.6 Å². The van der Waals surface area contributed by atoms with Crippen LogP contribution in [0.3, 0.4) is 0 Å². The molecule has 1 aliphatic carbocycles. The van der Waals surface area contributed by atoms with Crippen LogP contribution in [-0.2, 0) is 9.59 Å². The Bertz CT molecular complexity index is 1110. The van der Waals surface area contributed by atoms with Crippen molar-refractivity contribution in [3.05, 3.63) is 71.5 Å². The van der Waals surface area contributed by atoms with Crippen LogP contribution in [0.5, 0.6) is 5.75 Å². The number of rotatable bonds is 4. The molecule has 0 radical (unpaired) electrons. The van der Waals surface area contributed by atoms with Crippen molar-refractivity contribution in [3.63, 3.8) is 0 Å². The Hall–Kier alpha value is -3.68. The predicted octanol–water partition coefficient (Wildman–Crippen LogP) is 2.37. The Balaban J connectivity index is 1.64. The molecule has 0 unspecified atom stereocenters. The molecule has 1 aromatic carbocycles. The van der Waals surface area contributed by atoms with Crippen LogP contribution in [0.2, 0.25) is 0 Å². The van der Waals surface area contributed by atoms with Crippen LogP contribution in [0.1, 0.15) is 43.1 Å². The van der Waals surface area contributed by atoms with Crippen LogP contribution in [0.4, 0.5) is 0 Å². The van der Waals surface area contributed by atoms with Crippen molar-refractivity contribution in [3.8, 4) is 5.75 Å². The van der Waals surface area contributed by atoms with Crippen molar-refractivity contribution in [2.75, 3.05) is 13.7 Å². The molecule has 0 saturated heterocycles. The molecule has 170 valence electrons. The molecule has 0 bridgehead atoms. The Labute approximate surface area is 192 Å². The van der Waals surface area contributed by atoms with Gasteiger partial charge < -0.3 is 20.3 Å². The highest BCUT2D eigenvalue weighted by atomic mass is 16.5. The standard InChI is InChI=1S/C25H27N5O3/c1-33-20-10-5-2-7-16(20)24-23-18(15-28-25(23)32)29-17-8-3-4-9-19(17)30(24)22(31)12-11-21-26-13-6-14-27-21/h2,5-7,10-14,17,19,24,29H,3-4,8-9,15H2,1H3,(H,28,32)/b12-11+/t17-,19-,24-/m1/s1. The lowest BCUT2D eigenvalue weighted by atomic mass is 9.87. The van der Waals surface area contributed by atoms with Crippen molar-refractivity contribution < 1.29 is 14.3 Å². The second kappa shape index (κ2) is 9.05. The van der Waals surface area contributed by atoms with Crippen molar-refractivity contribution >= 4 is 17.9 Å². The maximum absolute atomic E-state index is 13.8. The van der Waals surface area contributed by atoms with E-state index in [9.17, 15) is 9.59 Å².